The van der Waals surface area contributed by atoms with E-state index in [4.69, 9.17) is 0 Å². The molecule has 0 N–H and O–H groups in total. The van der Waals surface area contributed by atoms with E-state index in [0.29, 0.717) is 0 Å². The van der Waals surface area contributed by atoms with Crippen LogP contribution in [0, 0.1) is 0 Å². The molecule has 0 fully saturated rings. The van der Waals surface area contributed by atoms with Crippen LogP contribution in [0.2, 0.25) is 0 Å². The molecule has 0 amide bonds. The van der Waals surface area contributed by atoms with E-state index in [1.807, 2.05) is 6.21 Å². The predicted octanol–water partition coefficient (Wildman–Crippen LogP) is 3.08. The van der Waals surface area contributed by atoms with Gasteiger partial charge in [0.2, 0.25) is 0 Å². The lowest BCUT2D eigenvalue weighted by Crippen LogP contribution is -1.79. The van der Waals surface area contributed by atoms with Crippen molar-refractivity contribution in [3.05, 3.63) is 47.6 Å². The second-order valence-corrected chi connectivity index (χ2v) is 3.00. The van der Waals surface area contributed by atoms with E-state index in [-0.39, 0.29) is 0 Å². The molecule has 0 heterocycles. The van der Waals surface area contributed by atoms with Crippen LogP contribution in [0.4, 0.5) is 0 Å². The fourth-order valence-electron chi connectivity index (χ4n) is 1.21. The topological polar surface area (TPSA) is 12.4 Å². The van der Waals surface area contributed by atoms with Crippen molar-refractivity contribution in [1.29, 1.82) is 0 Å². The standard InChI is InChI=1S/C12H15N/c1-11(10-13-2)9-12-7-5-3-4-6-8-12/h3-5,7-10H,6H2,1-2H3/b11-9-,13-10?. The van der Waals surface area contributed by atoms with Gasteiger partial charge in [0.1, 0.15) is 0 Å². The quantitative estimate of drug-likeness (QED) is 0.569. The third-order valence-electron chi connectivity index (χ3n) is 1.75. The SMILES string of the molecule is CN=C/C(C)=C\C1=CCC=CC=C1. The number of rotatable bonds is 2. The molecular formula is C12H15N. The van der Waals surface area contributed by atoms with Crippen molar-refractivity contribution in [3.8, 4) is 0 Å². The van der Waals surface area contributed by atoms with Gasteiger partial charge in [-0.1, -0.05) is 36.5 Å². The largest absolute Gasteiger partial charge is 0.296 e. The van der Waals surface area contributed by atoms with Gasteiger partial charge in [0.05, 0.1) is 0 Å². The van der Waals surface area contributed by atoms with Crippen molar-refractivity contribution >= 4 is 6.21 Å². The average molecular weight is 173 g/mol. The van der Waals surface area contributed by atoms with Crippen molar-refractivity contribution in [2.45, 2.75) is 13.3 Å². The molecule has 0 radical (unpaired) electrons. The first-order valence-electron chi connectivity index (χ1n) is 4.47. The number of aliphatic imine (C=N–C) groups is 1. The maximum absolute atomic E-state index is 3.96. The Morgan fingerprint density at radius 1 is 1.46 bits per heavy atom. The highest BCUT2D eigenvalue weighted by molar-refractivity contribution is 5.78. The zero-order valence-corrected chi connectivity index (χ0v) is 8.20. The lowest BCUT2D eigenvalue weighted by Gasteiger charge is -1.93. The van der Waals surface area contributed by atoms with Crippen LogP contribution < -0.4 is 0 Å². The average Bonchev–Trinajstić information content (AvgIpc) is 2.33. The molecule has 0 spiro atoms. The lowest BCUT2D eigenvalue weighted by atomic mass is 10.1. The van der Waals surface area contributed by atoms with Crippen LogP contribution in [0.25, 0.3) is 0 Å². The minimum Gasteiger partial charge on any atom is -0.296 e. The van der Waals surface area contributed by atoms with Crippen molar-refractivity contribution in [2.75, 3.05) is 7.05 Å². The predicted molar refractivity (Wildman–Crippen MR) is 59.2 cm³/mol. The number of hydrogen-bond acceptors (Lipinski definition) is 1. The highest BCUT2D eigenvalue weighted by Gasteiger charge is 1.89. The zero-order chi connectivity index (χ0) is 9.52. The second kappa shape index (κ2) is 5.31. The summed E-state index contributed by atoms with van der Waals surface area (Å²) in [5.74, 6) is 0. The molecule has 0 saturated heterocycles. The molecule has 1 aliphatic rings. The Morgan fingerprint density at radius 2 is 2.31 bits per heavy atom. The fourth-order valence-corrected chi connectivity index (χ4v) is 1.21. The summed E-state index contributed by atoms with van der Waals surface area (Å²) >= 11 is 0. The van der Waals surface area contributed by atoms with Crippen LogP contribution in [0.15, 0.2) is 52.6 Å². The molecule has 68 valence electrons. The Balaban J connectivity index is 2.73. The molecule has 0 aromatic carbocycles. The Morgan fingerprint density at radius 3 is 3.08 bits per heavy atom. The van der Waals surface area contributed by atoms with Gasteiger partial charge in [-0.2, -0.15) is 0 Å². The number of nitrogens with zero attached hydrogens (tertiary/aromatic N) is 1. The zero-order valence-electron chi connectivity index (χ0n) is 8.20. The van der Waals surface area contributed by atoms with Crippen LogP contribution in [0.3, 0.4) is 0 Å². The lowest BCUT2D eigenvalue weighted by molar-refractivity contribution is 1.37. The van der Waals surface area contributed by atoms with Crippen LogP contribution >= 0.6 is 0 Å². The molecule has 0 aliphatic heterocycles. The van der Waals surface area contributed by atoms with E-state index in [1.54, 1.807) is 7.05 Å². The summed E-state index contributed by atoms with van der Waals surface area (Å²) in [5.41, 5.74) is 2.43. The van der Waals surface area contributed by atoms with Gasteiger partial charge in [0.15, 0.2) is 0 Å². The molecule has 0 aromatic heterocycles. The summed E-state index contributed by atoms with van der Waals surface area (Å²) in [4.78, 5) is 3.96. The third kappa shape index (κ3) is 3.70. The summed E-state index contributed by atoms with van der Waals surface area (Å²) in [7, 11) is 1.79. The van der Waals surface area contributed by atoms with Crippen LogP contribution in [0.5, 0.6) is 0 Å². The smallest absolute Gasteiger partial charge is 0.0277 e. The summed E-state index contributed by atoms with van der Waals surface area (Å²) in [5, 5.41) is 0. The minimum absolute atomic E-state index is 1.01. The first-order valence-corrected chi connectivity index (χ1v) is 4.47. The number of hydrogen-bond donors (Lipinski definition) is 0. The summed E-state index contributed by atoms with van der Waals surface area (Å²) in [6, 6.07) is 0. The van der Waals surface area contributed by atoms with Gasteiger partial charge < -0.3 is 0 Å². The molecule has 0 aromatic rings. The van der Waals surface area contributed by atoms with Crippen molar-refractivity contribution in [2.24, 2.45) is 4.99 Å². The fraction of sp³-hybridized carbons (Fsp3) is 0.250. The van der Waals surface area contributed by atoms with Crippen molar-refractivity contribution < 1.29 is 0 Å². The Hall–Kier alpha value is -1.37. The van der Waals surface area contributed by atoms with Crippen molar-refractivity contribution in [1.82, 2.24) is 0 Å². The second-order valence-electron chi connectivity index (χ2n) is 3.00. The van der Waals surface area contributed by atoms with E-state index < -0.39 is 0 Å². The summed E-state index contributed by atoms with van der Waals surface area (Å²) < 4.78 is 0. The van der Waals surface area contributed by atoms with Gasteiger partial charge in [0.25, 0.3) is 0 Å². The van der Waals surface area contributed by atoms with Gasteiger partial charge in [-0.25, -0.2) is 0 Å². The van der Waals surface area contributed by atoms with Crippen LogP contribution in [-0.4, -0.2) is 13.3 Å². The number of allylic oxidation sites excluding steroid dienone is 8. The molecular weight excluding hydrogens is 158 g/mol. The Kier molecular flexibility index (Phi) is 3.97. The Labute approximate surface area is 79.9 Å². The van der Waals surface area contributed by atoms with Gasteiger partial charge in [-0.3, -0.25) is 4.99 Å². The molecule has 13 heavy (non-hydrogen) atoms. The molecule has 0 unspecified atom stereocenters. The molecule has 1 rings (SSSR count). The van der Waals surface area contributed by atoms with Gasteiger partial charge in [0, 0.05) is 13.3 Å². The van der Waals surface area contributed by atoms with E-state index in [2.05, 4.69) is 48.4 Å². The van der Waals surface area contributed by atoms with Crippen molar-refractivity contribution in [3.63, 3.8) is 0 Å². The summed E-state index contributed by atoms with van der Waals surface area (Å²) in [6.07, 6.45) is 15.6. The van der Waals surface area contributed by atoms with E-state index >= 15 is 0 Å². The van der Waals surface area contributed by atoms with Gasteiger partial charge in [-0.05, 0) is 24.5 Å². The normalized spacial score (nSPS) is 17.7. The van der Waals surface area contributed by atoms with Crippen LogP contribution in [-0.2, 0) is 0 Å². The monoisotopic (exact) mass is 173 g/mol. The third-order valence-corrected chi connectivity index (χ3v) is 1.75. The van der Waals surface area contributed by atoms with Crippen LogP contribution in [0.1, 0.15) is 13.3 Å². The summed E-state index contributed by atoms with van der Waals surface area (Å²) in [6.45, 7) is 2.06. The highest BCUT2D eigenvalue weighted by Crippen LogP contribution is 2.08. The maximum Gasteiger partial charge on any atom is 0.0277 e. The molecule has 0 bridgehead atoms. The van der Waals surface area contributed by atoms with Gasteiger partial charge >= 0.3 is 0 Å². The minimum atomic E-state index is 1.01. The van der Waals surface area contributed by atoms with E-state index in [1.165, 1.54) is 11.1 Å². The first-order chi connectivity index (χ1) is 6.33. The first kappa shape index (κ1) is 9.72. The Bertz CT molecular complexity index is 301. The molecule has 1 heteroatoms. The molecule has 0 saturated carbocycles. The van der Waals surface area contributed by atoms with E-state index in [9.17, 15) is 0 Å². The van der Waals surface area contributed by atoms with E-state index in [0.717, 1.165) is 6.42 Å². The maximum atomic E-state index is 3.96. The van der Waals surface area contributed by atoms with Gasteiger partial charge in [-0.15, -0.1) is 0 Å². The molecule has 1 nitrogen and oxygen atoms in total. The highest BCUT2D eigenvalue weighted by atomic mass is 14.6. The molecule has 0 atom stereocenters. The molecule has 1 aliphatic carbocycles.